The Hall–Kier alpha value is -2.37. The van der Waals surface area contributed by atoms with Gasteiger partial charge in [0.2, 0.25) is 0 Å². The lowest BCUT2D eigenvalue weighted by molar-refractivity contribution is 0.0636. The molecular formula is C14H16FN3O2. The van der Waals surface area contributed by atoms with Gasteiger partial charge >= 0.3 is 6.09 Å². The highest BCUT2D eigenvalue weighted by Gasteiger charge is 2.17. The zero-order valence-corrected chi connectivity index (χ0v) is 11.5. The molecule has 5 nitrogen and oxygen atoms in total. The van der Waals surface area contributed by atoms with E-state index in [0.717, 1.165) is 0 Å². The summed E-state index contributed by atoms with van der Waals surface area (Å²) in [6, 6.07) is 4.27. The summed E-state index contributed by atoms with van der Waals surface area (Å²) in [5, 5.41) is 2.57. The Balaban J connectivity index is 2.18. The number of nitrogens with one attached hydrogen (secondary N) is 2. The van der Waals surface area contributed by atoms with E-state index in [9.17, 15) is 9.18 Å². The molecule has 0 saturated heterocycles. The van der Waals surface area contributed by atoms with Crippen LogP contribution >= 0.6 is 0 Å². The smallest absolute Gasteiger partial charge is 0.412 e. The van der Waals surface area contributed by atoms with Gasteiger partial charge in [0.15, 0.2) is 0 Å². The van der Waals surface area contributed by atoms with Crippen molar-refractivity contribution in [1.82, 2.24) is 9.97 Å². The van der Waals surface area contributed by atoms with Gasteiger partial charge in [0.1, 0.15) is 11.4 Å². The second-order valence-corrected chi connectivity index (χ2v) is 5.29. The average Bonchev–Trinajstić information content (AvgIpc) is 2.82. The molecule has 0 radical (unpaired) electrons. The number of rotatable bonds is 2. The highest BCUT2D eigenvalue weighted by molar-refractivity contribution is 5.86. The Morgan fingerprint density at radius 2 is 2.15 bits per heavy atom. The van der Waals surface area contributed by atoms with Gasteiger partial charge in [-0.3, -0.25) is 5.32 Å². The second kappa shape index (κ2) is 5.32. The largest absolute Gasteiger partial charge is 0.444 e. The number of H-pyrrole nitrogens is 1. The van der Waals surface area contributed by atoms with Crippen LogP contribution in [-0.2, 0) is 4.74 Å². The Kier molecular flexibility index (Phi) is 3.74. The summed E-state index contributed by atoms with van der Waals surface area (Å²) in [6.07, 6.45) is 2.39. The predicted octanol–water partition coefficient (Wildman–Crippen LogP) is 3.56. The molecule has 1 aromatic carbocycles. The SMILES string of the molecule is CC(C)(C)OC(=O)Nc1ccc(F)c(-c2cnc[nH]2)c1. The van der Waals surface area contributed by atoms with Crippen molar-refractivity contribution in [1.29, 1.82) is 0 Å². The molecule has 2 N–H and O–H groups in total. The fourth-order valence-corrected chi connectivity index (χ4v) is 1.63. The molecule has 0 saturated carbocycles. The fourth-order valence-electron chi connectivity index (χ4n) is 1.63. The van der Waals surface area contributed by atoms with E-state index in [1.165, 1.54) is 30.7 Å². The first-order chi connectivity index (χ1) is 9.35. The van der Waals surface area contributed by atoms with Crippen molar-refractivity contribution in [3.05, 3.63) is 36.5 Å². The second-order valence-electron chi connectivity index (χ2n) is 5.29. The minimum Gasteiger partial charge on any atom is -0.444 e. The average molecular weight is 277 g/mol. The van der Waals surface area contributed by atoms with Crippen molar-refractivity contribution in [2.45, 2.75) is 26.4 Å². The number of aromatic amines is 1. The van der Waals surface area contributed by atoms with Gasteiger partial charge in [-0.1, -0.05) is 0 Å². The van der Waals surface area contributed by atoms with Crippen molar-refractivity contribution < 1.29 is 13.9 Å². The van der Waals surface area contributed by atoms with Crippen LogP contribution in [0.5, 0.6) is 0 Å². The van der Waals surface area contributed by atoms with Gasteiger partial charge in [0.25, 0.3) is 0 Å². The van der Waals surface area contributed by atoms with Gasteiger partial charge in [0, 0.05) is 11.3 Å². The van der Waals surface area contributed by atoms with Crippen molar-refractivity contribution >= 4 is 11.8 Å². The van der Waals surface area contributed by atoms with E-state index in [-0.39, 0.29) is 0 Å². The van der Waals surface area contributed by atoms with Crippen LogP contribution in [0.4, 0.5) is 14.9 Å². The van der Waals surface area contributed by atoms with E-state index in [4.69, 9.17) is 4.74 Å². The number of imidazole rings is 1. The summed E-state index contributed by atoms with van der Waals surface area (Å²) >= 11 is 0. The van der Waals surface area contributed by atoms with Crippen molar-refractivity contribution in [3.8, 4) is 11.3 Å². The Bertz CT molecular complexity index is 603. The molecule has 2 rings (SSSR count). The third-order valence-electron chi connectivity index (χ3n) is 2.40. The summed E-state index contributed by atoms with van der Waals surface area (Å²) < 4.78 is 18.9. The minimum atomic E-state index is -0.587. The third-order valence-corrected chi connectivity index (χ3v) is 2.40. The number of ether oxygens (including phenoxy) is 1. The van der Waals surface area contributed by atoms with Gasteiger partial charge in [-0.05, 0) is 39.0 Å². The molecule has 0 spiro atoms. The molecular weight excluding hydrogens is 261 g/mol. The lowest BCUT2D eigenvalue weighted by Gasteiger charge is -2.19. The van der Waals surface area contributed by atoms with Gasteiger partial charge in [-0.2, -0.15) is 0 Å². The van der Waals surface area contributed by atoms with Crippen LogP contribution in [0.15, 0.2) is 30.7 Å². The van der Waals surface area contributed by atoms with Crippen LogP contribution in [-0.4, -0.2) is 21.7 Å². The third kappa shape index (κ3) is 3.57. The molecule has 6 heteroatoms. The van der Waals surface area contributed by atoms with Gasteiger partial charge in [-0.25, -0.2) is 14.2 Å². The van der Waals surface area contributed by atoms with Crippen LogP contribution in [0.25, 0.3) is 11.3 Å². The van der Waals surface area contributed by atoms with Gasteiger partial charge in [0.05, 0.1) is 18.2 Å². The number of anilines is 1. The van der Waals surface area contributed by atoms with Crippen LogP contribution in [0.2, 0.25) is 0 Å². The maximum Gasteiger partial charge on any atom is 0.412 e. The predicted molar refractivity (Wildman–Crippen MR) is 73.8 cm³/mol. The van der Waals surface area contributed by atoms with E-state index < -0.39 is 17.5 Å². The van der Waals surface area contributed by atoms with Crippen molar-refractivity contribution in [2.75, 3.05) is 5.32 Å². The number of carbonyl (C=O) groups is 1. The van der Waals surface area contributed by atoms with E-state index in [2.05, 4.69) is 15.3 Å². The maximum absolute atomic E-state index is 13.7. The highest BCUT2D eigenvalue weighted by atomic mass is 19.1. The molecule has 0 atom stereocenters. The van der Waals surface area contributed by atoms with E-state index in [1.807, 2.05) is 0 Å². The Labute approximate surface area is 116 Å². The molecule has 1 aromatic heterocycles. The van der Waals surface area contributed by atoms with Crippen LogP contribution in [0.3, 0.4) is 0 Å². The monoisotopic (exact) mass is 277 g/mol. The molecule has 1 heterocycles. The zero-order chi connectivity index (χ0) is 14.8. The first-order valence-corrected chi connectivity index (χ1v) is 6.13. The highest BCUT2D eigenvalue weighted by Crippen LogP contribution is 2.24. The maximum atomic E-state index is 13.7. The molecule has 0 bridgehead atoms. The minimum absolute atomic E-state index is 0.330. The summed E-state index contributed by atoms with van der Waals surface area (Å²) in [6.45, 7) is 5.31. The summed E-state index contributed by atoms with van der Waals surface area (Å²) in [5.74, 6) is -0.399. The molecule has 2 aromatic rings. The molecule has 1 amide bonds. The number of amides is 1. The number of aromatic nitrogens is 2. The van der Waals surface area contributed by atoms with Crippen molar-refractivity contribution in [3.63, 3.8) is 0 Å². The van der Waals surface area contributed by atoms with Crippen LogP contribution < -0.4 is 5.32 Å². The van der Waals surface area contributed by atoms with E-state index >= 15 is 0 Å². The molecule has 0 fully saturated rings. The fraction of sp³-hybridized carbons (Fsp3) is 0.286. The summed E-state index contributed by atoms with van der Waals surface area (Å²) in [4.78, 5) is 18.3. The van der Waals surface area contributed by atoms with E-state index in [1.54, 1.807) is 20.8 Å². The van der Waals surface area contributed by atoms with Crippen molar-refractivity contribution in [2.24, 2.45) is 0 Å². The molecule has 0 unspecified atom stereocenters. The zero-order valence-electron chi connectivity index (χ0n) is 11.5. The van der Waals surface area contributed by atoms with Crippen LogP contribution in [0, 0.1) is 5.82 Å². The van der Waals surface area contributed by atoms with Gasteiger partial charge in [-0.15, -0.1) is 0 Å². The molecule has 20 heavy (non-hydrogen) atoms. The number of hydrogen-bond acceptors (Lipinski definition) is 3. The standard InChI is InChI=1S/C14H16FN3O2/c1-14(2,3)20-13(19)18-9-4-5-11(15)10(6-9)12-7-16-8-17-12/h4-8H,1-3H3,(H,16,17)(H,18,19). The lowest BCUT2D eigenvalue weighted by atomic mass is 10.1. The van der Waals surface area contributed by atoms with E-state index in [0.29, 0.717) is 16.9 Å². The number of halogens is 1. The summed E-state index contributed by atoms with van der Waals surface area (Å²) in [7, 11) is 0. The molecule has 0 aliphatic rings. The quantitative estimate of drug-likeness (QED) is 0.882. The number of carbonyl (C=O) groups excluding carboxylic acids is 1. The normalized spacial score (nSPS) is 11.2. The topological polar surface area (TPSA) is 67.0 Å². The number of nitrogens with zero attached hydrogens (tertiary/aromatic N) is 1. The molecule has 0 aliphatic heterocycles. The Morgan fingerprint density at radius 1 is 1.40 bits per heavy atom. The number of benzene rings is 1. The summed E-state index contributed by atoms with van der Waals surface area (Å²) in [5.41, 5.74) is 0.729. The lowest BCUT2D eigenvalue weighted by Crippen LogP contribution is -2.27. The first-order valence-electron chi connectivity index (χ1n) is 6.13. The van der Waals surface area contributed by atoms with Gasteiger partial charge < -0.3 is 9.72 Å². The molecule has 106 valence electrons. The Morgan fingerprint density at radius 3 is 2.75 bits per heavy atom. The number of hydrogen-bond donors (Lipinski definition) is 2. The van der Waals surface area contributed by atoms with Crippen LogP contribution in [0.1, 0.15) is 20.8 Å². The molecule has 0 aliphatic carbocycles. The first kappa shape index (κ1) is 14.0.